The van der Waals surface area contributed by atoms with Crippen molar-refractivity contribution in [1.82, 2.24) is 5.32 Å². The Kier molecular flexibility index (Phi) is 8.12. The number of benzene rings is 1. The topological polar surface area (TPSA) is 114 Å². The lowest BCUT2D eigenvalue weighted by Crippen LogP contribution is -2.32. The fourth-order valence-corrected chi connectivity index (χ4v) is 3.55. The number of hydrogen-bond acceptors (Lipinski definition) is 8. The van der Waals surface area contributed by atoms with Crippen molar-refractivity contribution in [3.63, 3.8) is 0 Å². The predicted octanol–water partition coefficient (Wildman–Crippen LogP) is 3.78. The highest BCUT2D eigenvalue weighted by molar-refractivity contribution is 6.13. The normalized spacial score (nSPS) is 17.1. The number of ether oxygens (including phenoxy) is 2. The molecule has 0 aliphatic carbocycles. The Balaban J connectivity index is 2.64. The largest absolute Gasteiger partial charge is 0.512 e. The number of hydrogen-bond donors (Lipinski definition) is 2. The molecule has 1 atom stereocenters. The van der Waals surface area contributed by atoms with E-state index in [9.17, 15) is 19.5 Å². The van der Waals surface area contributed by atoms with E-state index in [0.29, 0.717) is 28.2 Å². The Morgan fingerprint density at radius 3 is 2.28 bits per heavy atom. The third-order valence-corrected chi connectivity index (χ3v) is 4.98. The minimum atomic E-state index is -0.736. The van der Waals surface area contributed by atoms with Crippen LogP contribution in [0.5, 0.6) is 0 Å². The quantitative estimate of drug-likeness (QED) is 0.287. The smallest absolute Gasteiger partial charge is 0.336 e. The first-order valence-electron chi connectivity index (χ1n) is 10.1. The Morgan fingerprint density at radius 2 is 1.75 bits per heavy atom. The first-order chi connectivity index (χ1) is 15.1. The summed E-state index contributed by atoms with van der Waals surface area (Å²) in [5.74, 6) is -2.30. The second-order valence-corrected chi connectivity index (χ2v) is 7.26. The van der Waals surface area contributed by atoms with E-state index in [0.717, 1.165) is 0 Å². The maximum Gasteiger partial charge on any atom is 0.336 e. The Morgan fingerprint density at radius 1 is 1.12 bits per heavy atom. The average molecular weight is 440 g/mol. The van der Waals surface area contributed by atoms with Gasteiger partial charge in [-0.05, 0) is 52.3 Å². The van der Waals surface area contributed by atoms with Crippen LogP contribution in [-0.2, 0) is 23.9 Å². The molecule has 0 saturated heterocycles. The van der Waals surface area contributed by atoms with Crippen molar-refractivity contribution >= 4 is 29.6 Å². The minimum Gasteiger partial charge on any atom is -0.512 e. The standard InChI is InChI=1S/C24H28N2O6/c1-7-32-24(30)21-14(3)26-13(2)20(23(29)31-6)22(21)17-9-8-10-18(11-17)25-12-19(15(4)27)16(5)28/h8-12,22,26-27H,7H2,1-6H3/b19-15+,25-12?. The monoisotopic (exact) mass is 440 g/mol. The summed E-state index contributed by atoms with van der Waals surface area (Å²) in [5.41, 5.74) is 2.92. The summed E-state index contributed by atoms with van der Waals surface area (Å²) in [7, 11) is 1.28. The first kappa shape index (κ1) is 24.6. The van der Waals surface area contributed by atoms with E-state index < -0.39 is 17.9 Å². The molecule has 0 spiro atoms. The van der Waals surface area contributed by atoms with E-state index in [2.05, 4.69) is 10.3 Å². The number of rotatable bonds is 7. The highest BCUT2D eigenvalue weighted by Gasteiger charge is 2.37. The number of dihydropyridines is 1. The van der Waals surface area contributed by atoms with Crippen LogP contribution in [0.25, 0.3) is 0 Å². The molecule has 1 aromatic rings. The van der Waals surface area contributed by atoms with Crippen molar-refractivity contribution in [3.8, 4) is 0 Å². The van der Waals surface area contributed by atoms with Crippen molar-refractivity contribution in [2.24, 2.45) is 4.99 Å². The molecule has 0 bridgehead atoms. The zero-order chi connectivity index (χ0) is 24.0. The molecular formula is C24H28N2O6. The van der Waals surface area contributed by atoms with Gasteiger partial charge in [-0.25, -0.2) is 9.59 Å². The summed E-state index contributed by atoms with van der Waals surface area (Å²) in [6.45, 7) is 8.11. The molecule has 0 aromatic heterocycles. The van der Waals surface area contributed by atoms with Crippen LogP contribution in [0.15, 0.2) is 63.1 Å². The van der Waals surface area contributed by atoms with Gasteiger partial charge in [0.25, 0.3) is 0 Å². The van der Waals surface area contributed by atoms with Gasteiger partial charge in [0.15, 0.2) is 5.78 Å². The summed E-state index contributed by atoms with van der Waals surface area (Å²) in [6.07, 6.45) is 1.29. The van der Waals surface area contributed by atoms with Crippen LogP contribution in [-0.4, -0.2) is 42.8 Å². The minimum absolute atomic E-state index is 0.0891. The molecule has 1 aliphatic heterocycles. The molecule has 1 aliphatic rings. The summed E-state index contributed by atoms with van der Waals surface area (Å²) >= 11 is 0. The van der Waals surface area contributed by atoms with Gasteiger partial charge in [0.1, 0.15) is 5.76 Å². The number of allylic oxidation sites excluding steroid dienone is 4. The number of esters is 2. The predicted molar refractivity (Wildman–Crippen MR) is 121 cm³/mol. The maximum atomic E-state index is 12.8. The molecule has 0 fully saturated rings. The number of ketones is 1. The van der Waals surface area contributed by atoms with Gasteiger partial charge in [0, 0.05) is 17.6 Å². The van der Waals surface area contributed by atoms with Crippen LogP contribution in [0, 0.1) is 0 Å². The fourth-order valence-electron chi connectivity index (χ4n) is 3.55. The summed E-state index contributed by atoms with van der Waals surface area (Å²) in [6, 6.07) is 6.92. The van der Waals surface area contributed by atoms with E-state index in [-0.39, 0.29) is 29.3 Å². The van der Waals surface area contributed by atoms with Gasteiger partial charge >= 0.3 is 11.9 Å². The maximum absolute atomic E-state index is 12.8. The van der Waals surface area contributed by atoms with Gasteiger partial charge in [-0.15, -0.1) is 0 Å². The average Bonchev–Trinajstić information content (AvgIpc) is 2.72. The lowest BCUT2D eigenvalue weighted by Gasteiger charge is -2.30. The summed E-state index contributed by atoms with van der Waals surface area (Å²) in [5, 5.41) is 12.8. The molecule has 1 heterocycles. The van der Waals surface area contributed by atoms with Crippen LogP contribution >= 0.6 is 0 Å². The Hall–Kier alpha value is -3.68. The molecule has 0 saturated carbocycles. The molecule has 8 nitrogen and oxygen atoms in total. The third-order valence-electron chi connectivity index (χ3n) is 4.98. The number of nitrogens with zero attached hydrogens (tertiary/aromatic N) is 1. The molecular weight excluding hydrogens is 412 g/mol. The number of aliphatic hydroxyl groups excluding tert-OH is 1. The lowest BCUT2D eigenvalue weighted by atomic mass is 9.80. The number of nitrogens with one attached hydrogen (secondary N) is 1. The van der Waals surface area contributed by atoms with Gasteiger partial charge < -0.3 is 19.9 Å². The van der Waals surface area contributed by atoms with Crippen LogP contribution in [0.3, 0.4) is 0 Å². The van der Waals surface area contributed by atoms with Crippen LogP contribution in [0.1, 0.15) is 46.1 Å². The van der Waals surface area contributed by atoms with Crippen molar-refractivity contribution in [2.75, 3.05) is 13.7 Å². The number of Topliss-reactive ketones (excluding diaryl/α,β-unsaturated/α-hetero) is 1. The van der Waals surface area contributed by atoms with E-state index in [1.165, 1.54) is 27.2 Å². The van der Waals surface area contributed by atoms with Crippen molar-refractivity contribution in [3.05, 3.63) is 63.7 Å². The molecule has 2 rings (SSSR count). The third kappa shape index (κ3) is 5.32. The van der Waals surface area contributed by atoms with E-state index >= 15 is 0 Å². The van der Waals surface area contributed by atoms with Crippen LogP contribution < -0.4 is 5.32 Å². The van der Waals surface area contributed by atoms with Gasteiger partial charge in [-0.1, -0.05) is 12.1 Å². The molecule has 8 heteroatoms. The Bertz CT molecular complexity index is 1060. The summed E-state index contributed by atoms with van der Waals surface area (Å²) < 4.78 is 10.2. The van der Waals surface area contributed by atoms with Gasteiger partial charge in [0.05, 0.1) is 42.0 Å². The van der Waals surface area contributed by atoms with Crippen molar-refractivity contribution < 1.29 is 29.0 Å². The molecule has 1 unspecified atom stereocenters. The second-order valence-electron chi connectivity index (χ2n) is 7.26. The zero-order valence-corrected chi connectivity index (χ0v) is 19.1. The molecule has 0 amide bonds. The number of methoxy groups -OCH3 is 1. The zero-order valence-electron chi connectivity index (χ0n) is 19.1. The first-order valence-corrected chi connectivity index (χ1v) is 10.1. The Labute approximate surface area is 187 Å². The molecule has 2 N–H and O–H groups in total. The highest BCUT2D eigenvalue weighted by atomic mass is 16.5. The lowest BCUT2D eigenvalue weighted by molar-refractivity contribution is -0.139. The molecule has 1 aromatic carbocycles. The van der Waals surface area contributed by atoms with E-state index in [1.54, 1.807) is 45.0 Å². The molecule has 0 radical (unpaired) electrons. The number of carbonyl (C=O) groups is 3. The van der Waals surface area contributed by atoms with E-state index in [4.69, 9.17) is 9.47 Å². The van der Waals surface area contributed by atoms with Gasteiger partial charge in [0.2, 0.25) is 0 Å². The number of carbonyl (C=O) groups excluding carboxylic acids is 3. The SMILES string of the molecule is CCOC(=O)C1=C(C)NC(C)=C(C(=O)OC)C1c1cccc(N=C/C(C(C)=O)=C(/C)O)c1. The van der Waals surface area contributed by atoms with Crippen LogP contribution in [0.2, 0.25) is 0 Å². The fraction of sp³-hybridized carbons (Fsp3) is 0.333. The van der Waals surface area contributed by atoms with Gasteiger partial charge in [-0.3, -0.25) is 9.79 Å². The molecule has 170 valence electrons. The molecule has 32 heavy (non-hydrogen) atoms. The number of aliphatic imine (C=N–C) groups is 1. The van der Waals surface area contributed by atoms with Crippen LogP contribution in [0.4, 0.5) is 5.69 Å². The van der Waals surface area contributed by atoms with Gasteiger partial charge in [-0.2, -0.15) is 0 Å². The van der Waals surface area contributed by atoms with Crippen molar-refractivity contribution in [2.45, 2.75) is 40.5 Å². The highest BCUT2D eigenvalue weighted by Crippen LogP contribution is 2.40. The summed E-state index contributed by atoms with van der Waals surface area (Å²) in [4.78, 5) is 41.4. The number of aliphatic hydroxyl groups is 1. The van der Waals surface area contributed by atoms with Crippen molar-refractivity contribution in [1.29, 1.82) is 0 Å². The second kappa shape index (κ2) is 10.6. The van der Waals surface area contributed by atoms with E-state index in [1.807, 2.05) is 0 Å².